The van der Waals surface area contributed by atoms with Gasteiger partial charge in [0.25, 0.3) is 5.91 Å². The number of carbonyl (C=O) groups excluding carboxylic acids is 1. The molecule has 0 aromatic heterocycles. The molecule has 54 heavy (non-hydrogen) atoms. The summed E-state index contributed by atoms with van der Waals surface area (Å²) in [6.07, 6.45) is 10.7. The van der Waals surface area contributed by atoms with Crippen molar-refractivity contribution >= 4 is 33.2 Å². The van der Waals surface area contributed by atoms with Gasteiger partial charge in [0, 0.05) is 81.5 Å². The number of hydrogen-bond acceptors (Lipinski definition) is 9. The summed E-state index contributed by atoms with van der Waals surface area (Å²) in [4.78, 5) is 21.8. The van der Waals surface area contributed by atoms with E-state index in [-0.39, 0.29) is 23.8 Å². The van der Waals surface area contributed by atoms with Crippen LogP contribution in [0.4, 0.5) is 5.69 Å². The first-order chi connectivity index (χ1) is 26.1. The standard InChI is InChI=1S/C42H55ClN4O6S/c1-29-5-3-15-42(51-2,27-44-17-18-45-19-20-52-25-34(45)24-44)36-10-7-32(36)23-46-26-41(14-4-6-30-21-33(43)9-11-35(30)41)28-53-38-12-8-31(22-37(38)46)40(48)47-16-13-39(29)54(47,49)50/h3,8-9,11-12,15,21-22,29,32,34,36,39H,4-7,10,13-14,16-20,23-28H2,1-2H3/b15-3+/t29-,32-,34-,36+,39+,41-,42+/m0/s1. The summed E-state index contributed by atoms with van der Waals surface area (Å²) in [6, 6.07) is 12.3. The van der Waals surface area contributed by atoms with Gasteiger partial charge in [0.1, 0.15) is 11.4 Å². The van der Waals surface area contributed by atoms with Crippen LogP contribution in [-0.4, -0.2) is 125 Å². The first-order valence-corrected chi connectivity index (χ1v) is 22.1. The molecule has 2 aromatic carbocycles. The van der Waals surface area contributed by atoms with Gasteiger partial charge >= 0.3 is 0 Å². The lowest BCUT2D eigenvalue weighted by Crippen LogP contribution is -2.62. The second-order valence-corrected chi connectivity index (χ2v) is 19.8. The molecule has 5 heterocycles. The molecule has 3 saturated heterocycles. The van der Waals surface area contributed by atoms with Crippen molar-refractivity contribution in [1.29, 1.82) is 0 Å². The van der Waals surface area contributed by atoms with Crippen LogP contribution in [0.15, 0.2) is 48.6 Å². The first-order valence-electron chi connectivity index (χ1n) is 20.2. The van der Waals surface area contributed by atoms with Crippen molar-refractivity contribution < 1.29 is 27.4 Å². The highest BCUT2D eigenvalue weighted by Gasteiger charge is 2.51. The van der Waals surface area contributed by atoms with E-state index < -0.39 is 26.8 Å². The van der Waals surface area contributed by atoms with E-state index in [0.29, 0.717) is 37.0 Å². The molecule has 12 heteroatoms. The van der Waals surface area contributed by atoms with E-state index in [9.17, 15) is 13.2 Å². The molecule has 9 rings (SSSR count). The SMILES string of the molecule is CO[C@@]1(CN2CCN3CCOC[C@@H]3C2)/C=C/C[C@H](C)[C@H]2CCN(C(=O)c3ccc4c(c3)N(C[C@@H]3CC[C@H]31)C[C@@]1(CCCc3cc(Cl)ccc31)CO4)S2(=O)=O. The Kier molecular flexibility index (Phi) is 9.83. The number of anilines is 1. The lowest BCUT2D eigenvalue weighted by atomic mass is 9.63. The average Bonchev–Trinajstić information content (AvgIpc) is 3.39. The summed E-state index contributed by atoms with van der Waals surface area (Å²) in [5.74, 6) is 0.749. The number of benzene rings is 2. The van der Waals surface area contributed by atoms with Crippen LogP contribution in [0.3, 0.4) is 0 Å². The Morgan fingerprint density at radius 1 is 1.04 bits per heavy atom. The number of piperazine rings is 1. The number of hydrogen-bond donors (Lipinski definition) is 0. The summed E-state index contributed by atoms with van der Waals surface area (Å²) < 4.78 is 48.7. The maximum absolute atomic E-state index is 14.1. The smallest absolute Gasteiger partial charge is 0.267 e. The topological polar surface area (TPSA) is 91.9 Å². The van der Waals surface area contributed by atoms with E-state index in [1.807, 2.05) is 32.2 Å². The summed E-state index contributed by atoms with van der Waals surface area (Å²) in [6.45, 7) is 10.6. The third-order valence-corrected chi connectivity index (χ3v) is 16.9. The van der Waals surface area contributed by atoms with Gasteiger partial charge in [-0.05, 0) is 104 Å². The van der Waals surface area contributed by atoms with Gasteiger partial charge in [-0.1, -0.05) is 36.7 Å². The molecule has 4 fully saturated rings. The molecule has 0 radical (unpaired) electrons. The van der Waals surface area contributed by atoms with Gasteiger partial charge in [-0.2, -0.15) is 0 Å². The number of allylic oxidation sites excluding steroid dienone is 1. The Balaban J connectivity index is 1.12. The van der Waals surface area contributed by atoms with Crippen LogP contribution < -0.4 is 9.64 Å². The largest absolute Gasteiger partial charge is 0.490 e. The minimum absolute atomic E-state index is 0.146. The van der Waals surface area contributed by atoms with E-state index in [1.54, 1.807) is 6.07 Å². The van der Waals surface area contributed by atoms with Crippen LogP contribution in [0.2, 0.25) is 5.02 Å². The van der Waals surface area contributed by atoms with Gasteiger partial charge in [-0.25, -0.2) is 12.7 Å². The number of fused-ring (bicyclic) bond motifs is 7. The van der Waals surface area contributed by atoms with Crippen LogP contribution >= 0.6 is 11.6 Å². The molecule has 292 valence electrons. The number of ether oxygens (including phenoxy) is 3. The number of sulfonamides is 1. The normalized spacial score (nSPS) is 36.0. The number of carbonyl (C=O) groups is 1. The summed E-state index contributed by atoms with van der Waals surface area (Å²) in [5, 5.41) is 0.135. The molecule has 7 atom stereocenters. The maximum Gasteiger partial charge on any atom is 0.267 e. The molecule has 7 aliphatic rings. The Labute approximate surface area is 325 Å². The third kappa shape index (κ3) is 6.39. The quantitative estimate of drug-likeness (QED) is 0.381. The first kappa shape index (κ1) is 36.9. The zero-order valence-corrected chi connectivity index (χ0v) is 33.3. The van der Waals surface area contributed by atoms with Crippen LogP contribution in [-0.2, 0) is 31.3 Å². The number of nitrogens with zero attached hydrogens (tertiary/aromatic N) is 4. The van der Waals surface area contributed by atoms with Crippen molar-refractivity contribution in [1.82, 2.24) is 14.1 Å². The Bertz CT molecular complexity index is 1910. The average molecular weight is 779 g/mol. The van der Waals surface area contributed by atoms with Gasteiger partial charge in [0.05, 0.1) is 30.8 Å². The van der Waals surface area contributed by atoms with Gasteiger partial charge in [-0.15, -0.1) is 0 Å². The molecule has 0 N–H and O–H groups in total. The van der Waals surface area contributed by atoms with E-state index in [1.165, 1.54) is 11.1 Å². The molecule has 1 amide bonds. The zero-order chi connectivity index (χ0) is 37.2. The second kappa shape index (κ2) is 14.4. The monoisotopic (exact) mass is 778 g/mol. The fourth-order valence-electron chi connectivity index (χ4n) is 11.1. The highest BCUT2D eigenvalue weighted by atomic mass is 35.5. The van der Waals surface area contributed by atoms with Crippen molar-refractivity contribution in [2.24, 2.45) is 17.8 Å². The van der Waals surface area contributed by atoms with Crippen molar-refractivity contribution in [2.75, 3.05) is 84.2 Å². The van der Waals surface area contributed by atoms with Gasteiger partial charge < -0.3 is 19.1 Å². The summed E-state index contributed by atoms with van der Waals surface area (Å²) in [5.41, 5.74) is 3.04. The molecule has 1 saturated carbocycles. The Morgan fingerprint density at radius 3 is 2.76 bits per heavy atom. The number of rotatable bonds is 3. The van der Waals surface area contributed by atoms with Crippen molar-refractivity contribution in [3.63, 3.8) is 0 Å². The molecule has 0 unspecified atom stereocenters. The molecule has 2 aromatic rings. The molecule has 5 aliphatic heterocycles. The van der Waals surface area contributed by atoms with Gasteiger partial charge in [0.15, 0.2) is 0 Å². The van der Waals surface area contributed by atoms with Crippen molar-refractivity contribution in [2.45, 2.75) is 74.2 Å². The number of methoxy groups -OCH3 is 1. The third-order valence-electron chi connectivity index (χ3n) is 14.2. The number of aryl methyl sites for hydroxylation is 1. The number of morpholine rings is 1. The highest BCUT2D eigenvalue weighted by molar-refractivity contribution is 7.90. The van der Waals surface area contributed by atoms with E-state index in [4.69, 9.17) is 25.8 Å². The van der Waals surface area contributed by atoms with Crippen LogP contribution in [0.5, 0.6) is 5.75 Å². The fourth-order valence-corrected chi connectivity index (χ4v) is 13.4. The van der Waals surface area contributed by atoms with Gasteiger partial charge in [-0.3, -0.25) is 14.6 Å². The summed E-state index contributed by atoms with van der Waals surface area (Å²) >= 11 is 6.53. The molecule has 2 aliphatic carbocycles. The summed E-state index contributed by atoms with van der Waals surface area (Å²) in [7, 11) is -1.98. The number of halogens is 1. The lowest BCUT2D eigenvalue weighted by molar-refractivity contribution is -0.108. The predicted molar refractivity (Wildman–Crippen MR) is 210 cm³/mol. The van der Waals surface area contributed by atoms with E-state index >= 15 is 0 Å². The Hall–Kier alpha value is -2.67. The Morgan fingerprint density at radius 2 is 1.93 bits per heavy atom. The fraction of sp³-hybridized carbons (Fsp3) is 0.643. The zero-order valence-electron chi connectivity index (χ0n) is 31.8. The molecule has 4 bridgehead atoms. The van der Waals surface area contributed by atoms with Gasteiger partial charge in [0.2, 0.25) is 10.0 Å². The molecule has 1 spiro atoms. The molecular weight excluding hydrogens is 724 g/mol. The van der Waals surface area contributed by atoms with E-state index in [0.717, 1.165) is 112 Å². The minimum Gasteiger partial charge on any atom is -0.490 e. The minimum atomic E-state index is -3.84. The molecular formula is C42H55ClN4O6S. The maximum atomic E-state index is 14.1. The van der Waals surface area contributed by atoms with Crippen molar-refractivity contribution in [3.05, 3.63) is 70.3 Å². The lowest BCUT2D eigenvalue weighted by Gasteiger charge is -2.53. The van der Waals surface area contributed by atoms with Crippen LogP contribution in [0.1, 0.15) is 66.9 Å². The van der Waals surface area contributed by atoms with Crippen molar-refractivity contribution in [3.8, 4) is 5.75 Å². The predicted octanol–water partition coefficient (Wildman–Crippen LogP) is 5.38. The second-order valence-electron chi connectivity index (χ2n) is 17.3. The highest BCUT2D eigenvalue weighted by Crippen LogP contribution is 2.49. The number of amides is 1. The van der Waals surface area contributed by atoms with Crippen LogP contribution in [0, 0.1) is 17.8 Å². The van der Waals surface area contributed by atoms with Crippen LogP contribution in [0.25, 0.3) is 0 Å². The van der Waals surface area contributed by atoms with E-state index in [2.05, 4.69) is 39.0 Å². The molecule has 10 nitrogen and oxygen atoms in total.